The maximum atomic E-state index is 12.7. The van der Waals surface area contributed by atoms with Crippen LogP contribution in [-0.2, 0) is 4.79 Å². The third-order valence-electron chi connectivity index (χ3n) is 4.12. The van der Waals surface area contributed by atoms with Gasteiger partial charge in [0.1, 0.15) is 0 Å². The molecule has 0 aromatic heterocycles. The fourth-order valence-corrected chi connectivity index (χ4v) is 2.75. The summed E-state index contributed by atoms with van der Waals surface area (Å²) in [7, 11) is 1.28. The second-order valence-corrected chi connectivity index (χ2v) is 5.66. The van der Waals surface area contributed by atoms with Crippen molar-refractivity contribution in [3.05, 3.63) is 23.8 Å². The molecule has 1 amide bonds. The predicted molar refractivity (Wildman–Crippen MR) is 80.5 cm³/mol. The quantitative estimate of drug-likeness (QED) is 0.889. The Kier molecular flexibility index (Phi) is 5.58. The van der Waals surface area contributed by atoms with Gasteiger partial charge in [-0.25, -0.2) is 0 Å². The van der Waals surface area contributed by atoms with E-state index < -0.39 is 18.5 Å². The molecular weight excluding hydrogens is 324 g/mol. The van der Waals surface area contributed by atoms with Crippen LogP contribution in [0.15, 0.2) is 18.2 Å². The van der Waals surface area contributed by atoms with Gasteiger partial charge in [0.15, 0.2) is 11.5 Å². The molecule has 1 aliphatic rings. The van der Waals surface area contributed by atoms with E-state index in [1.54, 1.807) is 0 Å². The number of benzene rings is 1. The number of hydrogen-bond acceptors (Lipinski definition) is 4. The second-order valence-electron chi connectivity index (χ2n) is 5.66. The first-order valence-electron chi connectivity index (χ1n) is 7.50. The molecule has 24 heavy (non-hydrogen) atoms. The van der Waals surface area contributed by atoms with E-state index in [9.17, 15) is 18.4 Å². The number of likely N-dealkylation sites (tertiary alicyclic amines) is 1. The summed E-state index contributed by atoms with van der Waals surface area (Å²) >= 11 is 0. The molecule has 132 valence electrons. The van der Waals surface area contributed by atoms with Gasteiger partial charge >= 0.3 is 12.6 Å². The number of rotatable bonds is 5. The van der Waals surface area contributed by atoms with Crippen molar-refractivity contribution in [2.24, 2.45) is 5.92 Å². The van der Waals surface area contributed by atoms with E-state index in [1.165, 1.54) is 30.2 Å². The van der Waals surface area contributed by atoms with Crippen molar-refractivity contribution in [3.8, 4) is 11.5 Å². The van der Waals surface area contributed by atoms with Crippen LogP contribution in [0.5, 0.6) is 11.5 Å². The molecular formula is C16H19F2NO5. The lowest BCUT2D eigenvalue weighted by molar-refractivity contribution is -0.143. The van der Waals surface area contributed by atoms with Gasteiger partial charge in [-0.1, -0.05) is 0 Å². The largest absolute Gasteiger partial charge is 0.493 e. The molecule has 1 fully saturated rings. The highest BCUT2D eigenvalue weighted by Crippen LogP contribution is 2.31. The molecule has 1 aromatic carbocycles. The highest BCUT2D eigenvalue weighted by atomic mass is 19.3. The normalized spacial score (nSPS) is 20.8. The summed E-state index contributed by atoms with van der Waals surface area (Å²) in [6.45, 7) is -1.03. The number of amides is 1. The Labute approximate surface area is 138 Å². The second kappa shape index (κ2) is 7.46. The van der Waals surface area contributed by atoms with Crippen molar-refractivity contribution in [2.75, 3.05) is 13.7 Å². The highest BCUT2D eigenvalue weighted by molar-refractivity contribution is 5.95. The number of hydrogen-bond donors (Lipinski definition) is 1. The van der Waals surface area contributed by atoms with Crippen LogP contribution in [0.1, 0.15) is 30.1 Å². The smallest absolute Gasteiger partial charge is 0.387 e. The van der Waals surface area contributed by atoms with Crippen molar-refractivity contribution in [1.29, 1.82) is 0 Å². The third-order valence-corrected chi connectivity index (χ3v) is 4.12. The number of methoxy groups -OCH3 is 1. The van der Waals surface area contributed by atoms with Crippen molar-refractivity contribution in [3.63, 3.8) is 0 Å². The van der Waals surface area contributed by atoms with E-state index in [4.69, 9.17) is 9.84 Å². The first-order chi connectivity index (χ1) is 11.3. The molecule has 6 nitrogen and oxygen atoms in total. The van der Waals surface area contributed by atoms with Crippen LogP contribution in [-0.4, -0.2) is 48.2 Å². The lowest BCUT2D eigenvalue weighted by Crippen LogP contribution is -2.47. The molecule has 2 rings (SSSR count). The van der Waals surface area contributed by atoms with Crippen molar-refractivity contribution in [1.82, 2.24) is 4.90 Å². The lowest BCUT2D eigenvalue weighted by Gasteiger charge is -2.36. The number of aliphatic carboxylic acids is 1. The van der Waals surface area contributed by atoms with E-state index in [0.717, 1.165) is 0 Å². The summed E-state index contributed by atoms with van der Waals surface area (Å²) in [5.74, 6) is -2.05. The summed E-state index contributed by atoms with van der Waals surface area (Å²) in [6.07, 6.45) is 1.11. The molecule has 0 saturated carbocycles. The summed E-state index contributed by atoms with van der Waals surface area (Å²) in [6, 6.07) is 3.81. The van der Waals surface area contributed by atoms with Gasteiger partial charge < -0.3 is 19.5 Å². The Bertz CT molecular complexity index is 622. The molecule has 1 aliphatic heterocycles. The molecule has 8 heteroatoms. The van der Waals surface area contributed by atoms with Gasteiger partial charge in [0.05, 0.1) is 13.0 Å². The molecule has 0 bridgehead atoms. The molecule has 1 N–H and O–H groups in total. The maximum Gasteiger partial charge on any atom is 0.387 e. The minimum Gasteiger partial charge on any atom is -0.493 e. The zero-order chi connectivity index (χ0) is 17.9. The maximum absolute atomic E-state index is 12.7. The minimum absolute atomic E-state index is 0.0144. The molecule has 2 unspecified atom stereocenters. The van der Waals surface area contributed by atoms with Crippen LogP contribution < -0.4 is 9.47 Å². The van der Waals surface area contributed by atoms with Crippen molar-refractivity contribution < 1.29 is 33.0 Å². The van der Waals surface area contributed by atoms with Crippen molar-refractivity contribution >= 4 is 11.9 Å². The van der Waals surface area contributed by atoms with Gasteiger partial charge in [-0.05, 0) is 38.0 Å². The van der Waals surface area contributed by atoms with Crippen LogP contribution in [0.4, 0.5) is 8.78 Å². The number of carbonyl (C=O) groups is 2. The number of carbonyl (C=O) groups excluding carboxylic acids is 1. The van der Waals surface area contributed by atoms with Crippen LogP contribution in [0.2, 0.25) is 0 Å². The van der Waals surface area contributed by atoms with E-state index >= 15 is 0 Å². The van der Waals surface area contributed by atoms with Gasteiger partial charge in [0.25, 0.3) is 5.91 Å². The first kappa shape index (κ1) is 18.0. The lowest BCUT2D eigenvalue weighted by atomic mass is 9.93. The number of carboxylic acid groups (broad SMARTS) is 1. The zero-order valence-corrected chi connectivity index (χ0v) is 13.4. The Morgan fingerprint density at radius 2 is 2.00 bits per heavy atom. The van der Waals surface area contributed by atoms with Gasteiger partial charge in [0.2, 0.25) is 0 Å². The average Bonchev–Trinajstić information content (AvgIpc) is 2.54. The monoisotopic (exact) mass is 343 g/mol. The number of carboxylic acids is 1. The molecule has 1 heterocycles. The first-order valence-corrected chi connectivity index (χ1v) is 7.50. The van der Waals surface area contributed by atoms with Gasteiger partial charge in [0, 0.05) is 18.2 Å². The van der Waals surface area contributed by atoms with Crippen molar-refractivity contribution in [2.45, 2.75) is 32.4 Å². The molecule has 0 radical (unpaired) electrons. The Morgan fingerprint density at radius 3 is 2.58 bits per heavy atom. The number of halogens is 2. The predicted octanol–water partition coefficient (Wildman–Crippen LogP) is 2.62. The standard InChI is InChI=1S/C16H19F2NO5/c1-9-3-4-11(15(21)22)8-19(9)14(20)10-5-6-12(24-16(17)18)13(7-10)23-2/h5-7,9,11,16H,3-4,8H2,1-2H3,(H,21,22). The fraction of sp³-hybridized carbons (Fsp3) is 0.500. The zero-order valence-electron chi connectivity index (χ0n) is 13.4. The molecule has 1 aromatic rings. The summed E-state index contributed by atoms with van der Waals surface area (Å²) in [4.78, 5) is 25.3. The molecule has 2 atom stereocenters. The van der Waals surface area contributed by atoms with Crippen LogP contribution in [0.3, 0.4) is 0 Å². The number of ether oxygens (including phenoxy) is 2. The van der Waals surface area contributed by atoms with Crippen LogP contribution in [0.25, 0.3) is 0 Å². The number of piperidine rings is 1. The summed E-state index contributed by atoms with van der Waals surface area (Å²) in [5, 5.41) is 9.15. The van der Waals surface area contributed by atoms with Crippen LogP contribution >= 0.6 is 0 Å². The highest BCUT2D eigenvalue weighted by Gasteiger charge is 2.33. The Hall–Kier alpha value is -2.38. The Morgan fingerprint density at radius 1 is 1.29 bits per heavy atom. The van der Waals surface area contributed by atoms with E-state index in [1.807, 2.05) is 6.92 Å². The van der Waals surface area contributed by atoms with Gasteiger partial charge in [-0.2, -0.15) is 8.78 Å². The average molecular weight is 343 g/mol. The Balaban J connectivity index is 2.23. The third kappa shape index (κ3) is 3.93. The van der Waals surface area contributed by atoms with E-state index in [2.05, 4.69) is 4.74 Å². The van der Waals surface area contributed by atoms with E-state index in [0.29, 0.717) is 12.8 Å². The van der Waals surface area contributed by atoms with Gasteiger partial charge in [-0.15, -0.1) is 0 Å². The minimum atomic E-state index is -3.00. The van der Waals surface area contributed by atoms with E-state index in [-0.39, 0.29) is 35.6 Å². The number of alkyl halides is 2. The van der Waals surface area contributed by atoms with Gasteiger partial charge in [-0.3, -0.25) is 9.59 Å². The topological polar surface area (TPSA) is 76.1 Å². The molecule has 1 saturated heterocycles. The van der Waals surface area contributed by atoms with Crippen LogP contribution in [0, 0.1) is 5.92 Å². The summed E-state index contributed by atoms with van der Waals surface area (Å²) < 4.78 is 34.0. The fourth-order valence-electron chi connectivity index (χ4n) is 2.75. The molecule has 0 aliphatic carbocycles. The summed E-state index contributed by atoms with van der Waals surface area (Å²) in [5.41, 5.74) is 0.228. The molecule has 0 spiro atoms. The SMILES string of the molecule is COc1cc(C(=O)N2CC(C(=O)O)CCC2C)ccc1OC(F)F. The number of nitrogens with zero attached hydrogens (tertiary/aromatic N) is 1.